The van der Waals surface area contributed by atoms with E-state index in [1.54, 1.807) is 46.0 Å². The summed E-state index contributed by atoms with van der Waals surface area (Å²) in [5, 5.41) is 20.8. The molecule has 0 saturated heterocycles. The monoisotopic (exact) mass is 494 g/mol. The molecule has 0 aliphatic rings. The molecule has 0 unspecified atom stereocenters. The number of carbonyl (C=O) groups is 2. The predicted molar refractivity (Wildman–Crippen MR) is 128 cm³/mol. The van der Waals surface area contributed by atoms with Gasteiger partial charge < -0.3 is 10.1 Å². The normalized spacial score (nSPS) is 11.3. The van der Waals surface area contributed by atoms with E-state index in [4.69, 9.17) is 16.3 Å². The second kappa shape index (κ2) is 8.85. The zero-order chi connectivity index (χ0) is 25.5. The van der Waals surface area contributed by atoms with Crippen LogP contribution in [0.15, 0.2) is 42.7 Å². The SMILES string of the molecule is Cn1cc(-c2cc(C#N)c(Cl)cc2F)c(C(=O)Nc2cccc3c2cnn3C(=O)OC(C)(C)C)n1. The van der Waals surface area contributed by atoms with Gasteiger partial charge in [-0.25, -0.2) is 9.18 Å². The molecule has 0 atom stereocenters. The van der Waals surface area contributed by atoms with Crippen molar-refractivity contribution in [2.75, 3.05) is 5.32 Å². The van der Waals surface area contributed by atoms with Crippen LogP contribution in [-0.2, 0) is 11.8 Å². The van der Waals surface area contributed by atoms with Crippen LogP contribution in [0.2, 0.25) is 5.02 Å². The van der Waals surface area contributed by atoms with Crippen molar-refractivity contribution in [1.29, 1.82) is 5.26 Å². The topological polar surface area (TPSA) is 115 Å². The summed E-state index contributed by atoms with van der Waals surface area (Å²) in [7, 11) is 1.59. The summed E-state index contributed by atoms with van der Waals surface area (Å²) >= 11 is 5.92. The summed E-state index contributed by atoms with van der Waals surface area (Å²) in [4.78, 5) is 25.7. The van der Waals surface area contributed by atoms with Crippen molar-refractivity contribution in [3.05, 3.63) is 64.8 Å². The molecule has 35 heavy (non-hydrogen) atoms. The number of fused-ring (bicyclic) bond motifs is 1. The smallest absolute Gasteiger partial charge is 0.435 e. The van der Waals surface area contributed by atoms with Crippen molar-refractivity contribution < 1.29 is 18.7 Å². The molecule has 2 aromatic carbocycles. The fourth-order valence-electron chi connectivity index (χ4n) is 3.49. The van der Waals surface area contributed by atoms with E-state index in [1.165, 1.54) is 23.1 Å². The lowest BCUT2D eigenvalue weighted by atomic mass is 10.0. The number of amides is 1. The first kappa shape index (κ1) is 23.9. The van der Waals surface area contributed by atoms with Gasteiger partial charge in [-0.1, -0.05) is 17.7 Å². The number of nitrogens with one attached hydrogen (secondary N) is 1. The average molecular weight is 495 g/mol. The summed E-state index contributed by atoms with van der Waals surface area (Å²) in [6, 6.07) is 9.16. The molecule has 1 amide bonds. The highest BCUT2D eigenvalue weighted by Crippen LogP contribution is 2.31. The Bertz CT molecular complexity index is 1530. The maximum atomic E-state index is 14.7. The number of ether oxygens (including phenoxy) is 1. The first-order valence-corrected chi connectivity index (χ1v) is 10.8. The molecule has 11 heteroatoms. The van der Waals surface area contributed by atoms with Crippen molar-refractivity contribution in [2.45, 2.75) is 26.4 Å². The number of anilines is 1. The van der Waals surface area contributed by atoms with Crippen molar-refractivity contribution in [2.24, 2.45) is 7.05 Å². The van der Waals surface area contributed by atoms with Crippen LogP contribution in [0, 0.1) is 17.1 Å². The van der Waals surface area contributed by atoms with Crippen molar-refractivity contribution in [3.8, 4) is 17.2 Å². The van der Waals surface area contributed by atoms with Gasteiger partial charge in [0.25, 0.3) is 5.91 Å². The molecular formula is C24H20ClFN6O3. The molecule has 0 fully saturated rings. The molecule has 0 spiro atoms. The second-order valence-electron chi connectivity index (χ2n) is 8.72. The Morgan fingerprint density at radius 3 is 2.66 bits per heavy atom. The Morgan fingerprint density at radius 1 is 1.23 bits per heavy atom. The number of hydrogen-bond acceptors (Lipinski definition) is 6. The Kier molecular flexibility index (Phi) is 6.05. The lowest BCUT2D eigenvalue weighted by Gasteiger charge is -2.19. The molecule has 0 bridgehead atoms. The minimum absolute atomic E-state index is 0.0140. The molecule has 4 rings (SSSR count). The maximum absolute atomic E-state index is 14.7. The quantitative estimate of drug-likeness (QED) is 0.422. The molecular weight excluding hydrogens is 475 g/mol. The van der Waals surface area contributed by atoms with Gasteiger partial charge in [-0.3, -0.25) is 9.48 Å². The highest BCUT2D eigenvalue weighted by Gasteiger charge is 2.24. The van der Waals surface area contributed by atoms with Crippen molar-refractivity contribution in [3.63, 3.8) is 0 Å². The van der Waals surface area contributed by atoms with E-state index in [0.717, 1.165) is 10.7 Å². The Hall–Kier alpha value is -4.23. The van der Waals surface area contributed by atoms with Crippen molar-refractivity contribution in [1.82, 2.24) is 19.6 Å². The Morgan fingerprint density at radius 2 is 1.97 bits per heavy atom. The lowest BCUT2D eigenvalue weighted by molar-refractivity contribution is 0.0522. The summed E-state index contributed by atoms with van der Waals surface area (Å²) in [6.07, 6.45) is 2.25. The van der Waals surface area contributed by atoms with E-state index >= 15 is 0 Å². The number of nitrogens with zero attached hydrogens (tertiary/aromatic N) is 5. The van der Waals surface area contributed by atoms with Gasteiger partial charge in [-0.05, 0) is 45.0 Å². The summed E-state index contributed by atoms with van der Waals surface area (Å²) in [6.45, 7) is 5.24. The Balaban J connectivity index is 1.71. The highest BCUT2D eigenvalue weighted by molar-refractivity contribution is 6.31. The van der Waals surface area contributed by atoms with Crippen LogP contribution >= 0.6 is 11.6 Å². The van der Waals surface area contributed by atoms with Crippen LogP contribution in [0.1, 0.15) is 36.8 Å². The first-order valence-electron chi connectivity index (χ1n) is 10.4. The van der Waals surface area contributed by atoms with E-state index in [2.05, 4.69) is 15.5 Å². The molecule has 0 aliphatic carbocycles. The van der Waals surface area contributed by atoms with Crippen LogP contribution < -0.4 is 5.32 Å². The maximum Gasteiger partial charge on any atom is 0.435 e. The van der Waals surface area contributed by atoms with Crippen molar-refractivity contribution >= 4 is 40.2 Å². The third-order valence-electron chi connectivity index (χ3n) is 4.94. The minimum Gasteiger partial charge on any atom is -0.442 e. The van der Waals surface area contributed by atoms with Crippen LogP contribution in [0.4, 0.5) is 14.9 Å². The number of halogens is 2. The van der Waals surface area contributed by atoms with Gasteiger partial charge in [0.2, 0.25) is 0 Å². The van der Waals surface area contributed by atoms with Gasteiger partial charge in [0.05, 0.1) is 28.0 Å². The molecule has 4 aromatic rings. The molecule has 2 heterocycles. The first-order chi connectivity index (χ1) is 16.5. The number of rotatable bonds is 3. The molecule has 2 aromatic heterocycles. The van der Waals surface area contributed by atoms with Gasteiger partial charge in [0.1, 0.15) is 17.5 Å². The fourth-order valence-corrected chi connectivity index (χ4v) is 3.68. The fraction of sp³-hybridized carbons (Fsp3) is 0.208. The Labute approximate surface area is 204 Å². The van der Waals surface area contributed by atoms with Gasteiger partial charge in [-0.2, -0.15) is 20.1 Å². The summed E-state index contributed by atoms with van der Waals surface area (Å²) < 4.78 is 22.6. The van der Waals surface area contributed by atoms with E-state index in [9.17, 15) is 19.2 Å². The van der Waals surface area contributed by atoms with Crippen LogP contribution in [-0.4, -0.2) is 37.2 Å². The predicted octanol–water partition coefficient (Wildman–Crippen LogP) is 5.14. The number of aryl methyl sites for hydroxylation is 1. The summed E-state index contributed by atoms with van der Waals surface area (Å²) in [5.41, 5.74) is 0.298. The largest absolute Gasteiger partial charge is 0.442 e. The van der Waals surface area contributed by atoms with Gasteiger partial charge in [-0.15, -0.1) is 0 Å². The number of aromatic nitrogens is 4. The average Bonchev–Trinajstić information content (AvgIpc) is 3.37. The molecule has 0 saturated carbocycles. The van der Waals surface area contributed by atoms with E-state index < -0.39 is 23.4 Å². The minimum atomic E-state index is -0.709. The van der Waals surface area contributed by atoms with Gasteiger partial charge >= 0.3 is 6.09 Å². The van der Waals surface area contributed by atoms with E-state index in [-0.39, 0.29) is 27.4 Å². The number of nitriles is 1. The number of benzene rings is 2. The zero-order valence-electron chi connectivity index (χ0n) is 19.3. The third kappa shape index (κ3) is 4.72. The standard InChI is InChI=1S/C24H20ClFN6O3/c1-24(2,3)35-23(34)32-20-7-5-6-19(15(20)11-28-32)29-22(33)21-16(12-31(4)30-21)14-8-13(10-27)17(25)9-18(14)26/h5-9,11-12H,1-4H3,(H,29,33). The third-order valence-corrected chi connectivity index (χ3v) is 5.25. The molecule has 0 aliphatic heterocycles. The highest BCUT2D eigenvalue weighted by atomic mass is 35.5. The van der Waals surface area contributed by atoms with E-state index in [0.29, 0.717) is 16.6 Å². The molecule has 178 valence electrons. The number of hydrogen-bond donors (Lipinski definition) is 1. The summed E-state index contributed by atoms with van der Waals surface area (Å²) in [5.74, 6) is -1.32. The van der Waals surface area contributed by atoms with Crippen LogP contribution in [0.3, 0.4) is 0 Å². The van der Waals surface area contributed by atoms with Crippen LogP contribution in [0.5, 0.6) is 0 Å². The molecule has 1 N–H and O–H groups in total. The number of carbonyl (C=O) groups excluding carboxylic acids is 2. The molecule has 9 nitrogen and oxygen atoms in total. The molecule has 0 radical (unpaired) electrons. The van der Waals surface area contributed by atoms with E-state index in [1.807, 2.05) is 6.07 Å². The zero-order valence-corrected chi connectivity index (χ0v) is 20.0. The lowest BCUT2D eigenvalue weighted by Crippen LogP contribution is -2.27. The van der Waals surface area contributed by atoms with Gasteiger partial charge in [0, 0.05) is 29.8 Å². The van der Waals surface area contributed by atoms with Gasteiger partial charge in [0.15, 0.2) is 5.69 Å². The second-order valence-corrected chi connectivity index (χ2v) is 9.13. The van der Waals surface area contributed by atoms with Crippen LogP contribution in [0.25, 0.3) is 22.0 Å².